The van der Waals surface area contributed by atoms with Crippen LogP contribution >= 0.6 is 0 Å². The van der Waals surface area contributed by atoms with Crippen molar-refractivity contribution in [1.29, 1.82) is 0 Å². The number of carboxylic acids is 1. The summed E-state index contributed by atoms with van der Waals surface area (Å²) in [5, 5.41) is 14.5. The van der Waals surface area contributed by atoms with Crippen LogP contribution in [0, 0.1) is 5.82 Å². The second-order valence-electron chi connectivity index (χ2n) is 8.88. The minimum absolute atomic E-state index is 0.0133. The van der Waals surface area contributed by atoms with E-state index >= 15 is 0 Å². The van der Waals surface area contributed by atoms with E-state index in [1.165, 1.54) is 31.2 Å². The third-order valence-electron chi connectivity index (χ3n) is 5.34. The van der Waals surface area contributed by atoms with Gasteiger partial charge in [-0.2, -0.15) is 0 Å². The number of halogens is 1. The fourth-order valence-electron chi connectivity index (χ4n) is 2.49. The van der Waals surface area contributed by atoms with Crippen LogP contribution in [0.1, 0.15) is 39.7 Å². The number of carboxylic acid groups (broad SMARTS) is 1. The second kappa shape index (κ2) is 10.7. The number of nitrogens with one attached hydrogen (secondary N) is 2. The van der Waals surface area contributed by atoms with Crippen LogP contribution < -0.4 is 10.6 Å². The highest BCUT2D eigenvalue weighted by atomic mass is 28.4. The molecule has 2 atom stereocenters. The van der Waals surface area contributed by atoms with E-state index in [4.69, 9.17) is 4.43 Å². The summed E-state index contributed by atoms with van der Waals surface area (Å²) in [7, 11) is -2.04. The third kappa shape index (κ3) is 8.23. The second-order valence-corrected chi connectivity index (χ2v) is 13.7. The summed E-state index contributed by atoms with van der Waals surface area (Å²) in [6, 6.07) is 3.42. The molecule has 9 heteroatoms. The Kier molecular flexibility index (Phi) is 9.17. The maximum Gasteiger partial charge on any atom is 0.326 e. The van der Waals surface area contributed by atoms with Crippen molar-refractivity contribution >= 4 is 26.1 Å². The molecule has 0 saturated heterocycles. The van der Waals surface area contributed by atoms with Gasteiger partial charge in [0.1, 0.15) is 17.9 Å². The highest BCUT2D eigenvalue weighted by molar-refractivity contribution is 6.74. The van der Waals surface area contributed by atoms with Gasteiger partial charge in [-0.1, -0.05) is 32.9 Å². The normalized spacial score (nSPS) is 14.0. The topological polar surface area (TPSA) is 105 Å². The zero-order chi connectivity index (χ0) is 23.1. The number of aliphatic carboxylic acids is 1. The maximum absolute atomic E-state index is 13.1. The van der Waals surface area contributed by atoms with Crippen molar-refractivity contribution in [3.63, 3.8) is 0 Å². The van der Waals surface area contributed by atoms with Gasteiger partial charge in [-0.25, -0.2) is 9.18 Å². The molecule has 0 saturated carbocycles. The summed E-state index contributed by atoms with van der Waals surface area (Å²) in [4.78, 5) is 35.8. The molecule has 0 radical (unpaired) electrons. The van der Waals surface area contributed by atoms with E-state index in [2.05, 4.69) is 44.5 Å². The highest BCUT2D eigenvalue weighted by Crippen LogP contribution is 2.36. The first-order valence-electron chi connectivity index (χ1n) is 9.91. The van der Waals surface area contributed by atoms with Gasteiger partial charge in [0.15, 0.2) is 8.32 Å². The largest absolute Gasteiger partial charge is 0.480 e. The fourth-order valence-corrected chi connectivity index (χ4v) is 3.55. The molecule has 1 aromatic carbocycles. The zero-order valence-electron chi connectivity index (χ0n) is 18.5. The molecule has 0 aliphatic rings. The minimum Gasteiger partial charge on any atom is -0.480 e. The molecule has 0 fully saturated rings. The van der Waals surface area contributed by atoms with Gasteiger partial charge in [-0.05, 0) is 35.8 Å². The Hall–Kier alpha value is -2.26. The van der Waals surface area contributed by atoms with Gasteiger partial charge < -0.3 is 20.2 Å². The van der Waals surface area contributed by atoms with Crippen molar-refractivity contribution < 1.29 is 28.3 Å². The van der Waals surface area contributed by atoms with Crippen LogP contribution in [-0.4, -0.2) is 49.9 Å². The summed E-state index contributed by atoms with van der Waals surface area (Å²) in [5.41, 5.74) is 0.637. The van der Waals surface area contributed by atoms with E-state index in [1.54, 1.807) is 0 Å². The molecular formula is C21H33FN2O5Si. The summed E-state index contributed by atoms with van der Waals surface area (Å²) in [5.74, 6) is -2.63. The Labute approximate surface area is 178 Å². The lowest BCUT2D eigenvalue weighted by atomic mass is 10.0. The van der Waals surface area contributed by atoms with Crippen LogP contribution in [0.2, 0.25) is 18.1 Å². The molecule has 30 heavy (non-hydrogen) atoms. The first-order valence-corrected chi connectivity index (χ1v) is 12.8. The lowest BCUT2D eigenvalue weighted by molar-refractivity contribution is -0.142. The third-order valence-corrected chi connectivity index (χ3v) is 9.88. The van der Waals surface area contributed by atoms with Gasteiger partial charge in [0.05, 0.1) is 0 Å². The lowest BCUT2D eigenvalue weighted by Crippen LogP contribution is -2.52. The molecule has 168 valence electrons. The van der Waals surface area contributed by atoms with Crippen molar-refractivity contribution in [2.45, 2.75) is 70.8 Å². The van der Waals surface area contributed by atoms with E-state index in [0.29, 0.717) is 5.56 Å². The standard InChI is InChI=1S/C21H33FN2O5Si/c1-14(25)23-18(13-15-7-9-16(22)10-8-15)19(26)24-17(20(27)28)11-12-29-30(5,6)21(2,3)4/h7-10,17-18H,11-13H2,1-6H3,(H,23,25)(H,24,26)(H,27,28)/t17-,18-/m1/s1. The molecule has 1 rings (SSSR count). The Morgan fingerprint density at radius 3 is 2.13 bits per heavy atom. The Bertz CT molecular complexity index is 747. The molecule has 0 aliphatic heterocycles. The van der Waals surface area contributed by atoms with E-state index in [-0.39, 0.29) is 24.5 Å². The SMILES string of the molecule is CC(=O)N[C@H](Cc1ccc(F)cc1)C(=O)N[C@H](CCO[Si](C)(C)C(C)(C)C)C(=O)O. The summed E-state index contributed by atoms with van der Waals surface area (Å²) >= 11 is 0. The zero-order valence-corrected chi connectivity index (χ0v) is 19.5. The van der Waals surface area contributed by atoms with Gasteiger partial charge in [0, 0.05) is 26.4 Å². The molecule has 0 bridgehead atoms. The average Bonchev–Trinajstić information content (AvgIpc) is 2.60. The molecule has 7 nitrogen and oxygen atoms in total. The minimum atomic E-state index is -2.04. The molecule has 0 heterocycles. The monoisotopic (exact) mass is 440 g/mol. The number of amides is 2. The predicted molar refractivity (Wildman–Crippen MR) is 115 cm³/mol. The van der Waals surface area contributed by atoms with Gasteiger partial charge in [-0.15, -0.1) is 0 Å². The van der Waals surface area contributed by atoms with Crippen LogP contribution in [0.3, 0.4) is 0 Å². The van der Waals surface area contributed by atoms with E-state index in [1.807, 2.05) is 0 Å². The molecule has 0 unspecified atom stereocenters. The summed E-state index contributed by atoms with van der Waals surface area (Å²) < 4.78 is 19.1. The maximum atomic E-state index is 13.1. The van der Waals surface area contributed by atoms with Crippen LogP contribution in [-0.2, 0) is 25.2 Å². The number of hydrogen-bond donors (Lipinski definition) is 3. The van der Waals surface area contributed by atoms with E-state index < -0.39 is 44.0 Å². The van der Waals surface area contributed by atoms with Crippen molar-refractivity contribution in [2.75, 3.05) is 6.61 Å². The van der Waals surface area contributed by atoms with Crippen LogP contribution in [0.15, 0.2) is 24.3 Å². The van der Waals surface area contributed by atoms with Gasteiger partial charge in [-0.3, -0.25) is 9.59 Å². The van der Waals surface area contributed by atoms with E-state index in [0.717, 1.165) is 0 Å². The Morgan fingerprint density at radius 2 is 1.67 bits per heavy atom. The van der Waals surface area contributed by atoms with Crippen LogP contribution in [0.4, 0.5) is 4.39 Å². The van der Waals surface area contributed by atoms with E-state index in [9.17, 15) is 23.9 Å². The first kappa shape index (κ1) is 25.8. The first-order chi connectivity index (χ1) is 13.7. The summed E-state index contributed by atoms with van der Waals surface area (Å²) in [6.45, 7) is 11.9. The molecule has 3 N–H and O–H groups in total. The highest BCUT2D eigenvalue weighted by Gasteiger charge is 2.37. The molecule has 1 aromatic rings. The Morgan fingerprint density at radius 1 is 1.10 bits per heavy atom. The van der Waals surface area contributed by atoms with Crippen molar-refractivity contribution in [2.24, 2.45) is 0 Å². The fraction of sp³-hybridized carbons (Fsp3) is 0.571. The predicted octanol–water partition coefficient (Wildman–Crippen LogP) is 2.85. The Balaban J connectivity index is 2.80. The van der Waals surface area contributed by atoms with Crippen molar-refractivity contribution in [3.8, 4) is 0 Å². The number of carbonyl (C=O) groups is 3. The smallest absolute Gasteiger partial charge is 0.326 e. The van der Waals surface area contributed by atoms with Gasteiger partial charge in [0.2, 0.25) is 11.8 Å². The molecule has 0 spiro atoms. The number of carbonyl (C=O) groups excluding carboxylic acids is 2. The number of benzene rings is 1. The average molecular weight is 441 g/mol. The van der Waals surface area contributed by atoms with Crippen LogP contribution in [0.5, 0.6) is 0 Å². The molecular weight excluding hydrogens is 407 g/mol. The lowest BCUT2D eigenvalue weighted by Gasteiger charge is -2.36. The number of hydrogen-bond acceptors (Lipinski definition) is 4. The molecule has 0 aromatic heterocycles. The van der Waals surface area contributed by atoms with Crippen molar-refractivity contribution in [1.82, 2.24) is 10.6 Å². The molecule has 0 aliphatic carbocycles. The number of rotatable bonds is 10. The van der Waals surface area contributed by atoms with Crippen LogP contribution in [0.25, 0.3) is 0 Å². The summed E-state index contributed by atoms with van der Waals surface area (Å²) in [6.07, 6.45) is 0.218. The van der Waals surface area contributed by atoms with Gasteiger partial charge >= 0.3 is 5.97 Å². The van der Waals surface area contributed by atoms with Crippen molar-refractivity contribution in [3.05, 3.63) is 35.6 Å². The quantitative estimate of drug-likeness (QED) is 0.485. The molecule has 2 amide bonds. The van der Waals surface area contributed by atoms with Gasteiger partial charge in [0.25, 0.3) is 0 Å².